The molecule has 0 aliphatic carbocycles. The third-order valence-corrected chi connectivity index (χ3v) is 3.80. The molecule has 2 aromatic heterocycles. The highest BCUT2D eigenvalue weighted by molar-refractivity contribution is 5.80. The maximum absolute atomic E-state index is 5.41. The largest absolute Gasteiger partial charge is 0.469 e. The number of nitrogens with one attached hydrogen (secondary N) is 2. The fourth-order valence-electron chi connectivity index (χ4n) is 2.44. The first-order valence-corrected chi connectivity index (χ1v) is 8.79. The van der Waals surface area contributed by atoms with E-state index < -0.39 is 0 Å². The second-order valence-electron chi connectivity index (χ2n) is 5.97. The Morgan fingerprint density at radius 2 is 2.12 bits per heavy atom. The van der Waals surface area contributed by atoms with Crippen molar-refractivity contribution in [2.24, 2.45) is 4.99 Å². The molecular formula is C19H28N4O2. The van der Waals surface area contributed by atoms with E-state index in [2.05, 4.69) is 36.2 Å². The minimum atomic E-state index is 0.544. The molecule has 6 nitrogen and oxygen atoms in total. The van der Waals surface area contributed by atoms with Gasteiger partial charge in [0.05, 0.1) is 18.5 Å². The van der Waals surface area contributed by atoms with E-state index in [-0.39, 0.29) is 0 Å². The third kappa shape index (κ3) is 5.81. The summed E-state index contributed by atoms with van der Waals surface area (Å²) in [5.74, 6) is 2.61. The molecular weight excluding hydrogens is 316 g/mol. The first-order valence-electron chi connectivity index (χ1n) is 8.79. The van der Waals surface area contributed by atoms with Crippen molar-refractivity contribution in [3.8, 4) is 0 Å². The van der Waals surface area contributed by atoms with Gasteiger partial charge in [-0.2, -0.15) is 0 Å². The van der Waals surface area contributed by atoms with E-state index in [0.717, 1.165) is 60.1 Å². The number of guanidine groups is 1. The van der Waals surface area contributed by atoms with Crippen molar-refractivity contribution >= 4 is 5.96 Å². The smallest absolute Gasteiger partial charge is 0.191 e. The number of hydrogen-bond acceptors (Lipinski definition) is 4. The Labute approximate surface area is 149 Å². The molecule has 0 atom stereocenters. The van der Waals surface area contributed by atoms with Gasteiger partial charge in [-0.05, 0) is 25.5 Å². The van der Waals surface area contributed by atoms with Crippen LogP contribution in [-0.2, 0) is 25.8 Å². The Balaban J connectivity index is 2.01. The summed E-state index contributed by atoms with van der Waals surface area (Å²) in [7, 11) is 0. The summed E-state index contributed by atoms with van der Waals surface area (Å²) < 4.78 is 10.8. The van der Waals surface area contributed by atoms with Crippen LogP contribution in [0.5, 0.6) is 0 Å². The molecule has 0 aliphatic heterocycles. The lowest BCUT2D eigenvalue weighted by Gasteiger charge is -2.12. The first kappa shape index (κ1) is 18.8. The number of nitrogens with zero attached hydrogens (tertiary/aromatic N) is 2. The summed E-state index contributed by atoms with van der Waals surface area (Å²) in [6, 6.07) is 3.87. The Morgan fingerprint density at radius 3 is 2.76 bits per heavy atom. The van der Waals surface area contributed by atoms with Gasteiger partial charge in [-0.15, -0.1) is 0 Å². The molecule has 0 amide bonds. The maximum atomic E-state index is 5.41. The number of furan rings is 1. The van der Waals surface area contributed by atoms with Gasteiger partial charge in [-0.1, -0.05) is 31.2 Å². The van der Waals surface area contributed by atoms with Gasteiger partial charge in [0.1, 0.15) is 11.5 Å². The standard InChI is InChI=1S/C19H28N4O2/c1-5-17-16(18(6-2)25-23-17)13-22-19(21-12-14(3)4)20-10-9-15-8-7-11-24-15/h7-8,11H,3,5-6,9-10,12-13H2,1-2,4H3,(H2,20,21,22). The normalized spacial score (nSPS) is 11.6. The second-order valence-corrected chi connectivity index (χ2v) is 5.97. The molecule has 2 rings (SSSR count). The third-order valence-electron chi connectivity index (χ3n) is 3.80. The molecule has 6 heteroatoms. The highest BCUT2D eigenvalue weighted by Crippen LogP contribution is 2.16. The molecule has 0 fully saturated rings. The zero-order valence-electron chi connectivity index (χ0n) is 15.4. The quantitative estimate of drug-likeness (QED) is 0.415. The highest BCUT2D eigenvalue weighted by Gasteiger charge is 2.13. The van der Waals surface area contributed by atoms with Crippen molar-refractivity contribution in [3.63, 3.8) is 0 Å². The van der Waals surface area contributed by atoms with E-state index in [4.69, 9.17) is 13.9 Å². The van der Waals surface area contributed by atoms with Crippen LogP contribution >= 0.6 is 0 Å². The molecule has 0 saturated carbocycles. The van der Waals surface area contributed by atoms with Gasteiger partial charge >= 0.3 is 0 Å². The predicted octanol–water partition coefficient (Wildman–Crippen LogP) is 3.25. The molecule has 0 bridgehead atoms. The van der Waals surface area contributed by atoms with Gasteiger partial charge in [0.2, 0.25) is 0 Å². The van der Waals surface area contributed by atoms with Crippen molar-refractivity contribution in [2.45, 2.75) is 46.6 Å². The van der Waals surface area contributed by atoms with Crippen LogP contribution in [0.1, 0.15) is 43.5 Å². The molecule has 0 aromatic carbocycles. The van der Waals surface area contributed by atoms with Gasteiger partial charge in [0, 0.05) is 31.5 Å². The van der Waals surface area contributed by atoms with Crippen molar-refractivity contribution in [1.82, 2.24) is 15.8 Å². The second kappa shape index (κ2) is 9.71. The molecule has 2 aromatic rings. The van der Waals surface area contributed by atoms with Crippen molar-refractivity contribution in [3.05, 3.63) is 53.3 Å². The Kier molecular flexibility index (Phi) is 7.32. The number of aromatic nitrogens is 1. The molecule has 25 heavy (non-hydrogen) atoms. The summed E-state index contributed by atoms with van der Waals surface area (Å²) in [6.07, 6.45) is 4.15. The fourth-order valence-corrected chi connectivity index (χ4v) is 2.44. The van der Waals surface area contributed by atoms with E-state index in [1.165, 1.54) is 0 Å². The van der Waals surface area contributed by atoms with Crippen molar-refractivity contribution in [1.29, 1.82) is 0 Å². The summed E-state index contributed by atoms with van der Waals surface area (Å²) in [6.45, 7) is 12.0. The van der Waals surface area contributed by atoms with Crippen LogP contribution in [0, 0.1) is 0 Å². The molecule has 0 radical (unpaired) electrons. The van der Waals surface area contributed by atoms with Gasteiger partial charge in [-0.25, -0.2) is 4.99 Å². The average molecular weight is 344 g/mol. The van der Waals surface area contributed by atoms with E-state index in [1.54, 1.807) is 6.26 Å². The SMILES string of the molecule is C=C(C)CNC(=NCc1c(CC)noc1CC)NCCc1ccco1. The number of aliphatic imine (C=N–C) groups is 1. The van der Waals surface area contributed by atoms with Crippen LogP contribution in [0.2, 0.25) is 0 Å². The summed E-state index contributed by atoms with van der Waals surface area (Å²) in [5.41, 5.74) is 3.12. The van der Waals surface area contributed by atoms with Crippen LogP contribution in [0.25, 0.3) is 0 Å². The first-order chi connectivity index (χ1) is 12.1. The van der Waals surface area contributed by atoms with Crippen LogP contribution in [0.4, 0.5) is 0 Å². The van der Waals surface area contributed by atoms with E-state index >= 15 is 0 Å². The number of rotatable bonds is 9. The van der Waals surface area contributed by atoms with Crippen LogP contribution in [0.3, 0.4) is 0 Å². The molecule has 0 aliphatic rings. The lowest BCUT2D eigenvalue weighted by atomic mass is 10.1. The van der Waals surface area contributed by atoms with Crippen LogP contribution in [-0.4, -0.2) is 24.2 Å². The zero-order valence-corrected chi connectivity index (χ0v) is 15.4. The van der Waals surface area contributed by atoms with Gasteiger partial charge in [-0.3, -0.25) is 0 Å². The van der Waals surface area contributed by atoms with E-state index in [0.29, 0.717) is 13.1 Å². The van der Waals surface area contributed by atoms with Crippen molar-refractivity contribution < 1.29 is 8.94 Å². The molecule has 2 heterocycles. The lowest BCUT2D eigenvalue weighted by Crippen LogP contribution is -2.39. The minimum Gasteiger partial charge on any atom is -0.469 e. The van der Waals surface area contributed by atoms with E-state index in [1.807, 2.05) is 19.1 Å². The van der Waals surface area contributed by atoms with Gasteiger partial charge in [0.25, 0.3) is 0 Å². The number of aryl methyl sites for hydroxylation is 2. The highest BCUT2D eigenvalue weighted by atomic mass is 16.5. The average Bonchev–Trinajstić information content (AvgIpc) is 3.25. The maximum Gasteiger partial charge on any atom is 0.191 e. The monoisotopic (exact) mass is 344 g/mol. The molecule has 0 unspecified atom stereocenters. The Bertz CT molecular complexity index is 665. The summed E-state index contributed by atoms with van der Waals surface area (Å²) in [5, 5.41) is 10.8. The predicted molar refractivity (Wildman–Crippen MR) is 99.6 cm³/mol. The molecule has 0 spiro atoms. The molecule has 2 N–H and O–H groups in total. The Hall–Kier alpha value is -2.50. The summed E-state index contributed by atoms with van der Waals surface area (Å²) in [4.78, 5) is 4.70. The van der Waals surface area contributed by atoms with Crippen LogP contribution in [0.15, 0.2) is 44.5 Å². The van der Waals surface area contributed by atoms with Gasteiger partial charge < -0.3 is 19.6 Å². The minimum absolute atomic E-state index is 0.544. The summed E-state index contributed by atoms with van der Waals surface area (Å²) >= 11 is 0. The van der Waals surface area contributed by atoms with Crippen molar-refractivity contribution in [2.75, 3.05) is 13.1 Å². The topological polar surface area (TPSA) is 75.6 Å². The van der Waals surface area contributed by atoms with E-state index in [9.17, 15) is 0 Å². The Morgan fingerprint density at radius 1 is 1.28 bits per heavy atom. The van der Waals surface area contributed by atoms with Crippen LogP contribution < -0.4 is 10.6 Å². The molecule has 136 valence electrons. The lowest BCUT2D eigenvalue weighted by molar-refractivity contribution is 0.380. The number of hydrogen-bond donors (Lipinski definition) is 2. The fraction of sp³-hybridized carbons (Fsp3) is 0.474. The molecule has 0 saturated heterocycles. The van der Waals surface area contributed by atoms with Gasteiger partial charge in [0.15, 0.2) is 5.96 Å². The zero-order chi connectivity index (χ0) is 18.1.